The topological polar surface area (TPSA) is 98.2 Å². The van der Waals surface area contributed by atoms with Crippen LogP contribution in [0.2, 0.25) is 0 Å². The minimum atomic E-state index is -3.70. The first kappa shape index (κ1) is 17.1. The SMILES string of the molecule is NCC(NS(=O)(=O)c1ccccc1-c1ccno1)C1CCCCC1. The van der Waals surface area contributed by atoms with Crippen LogP contribution in [0, 0.1) is 5.92 Å². The fourth-order valence-electron chi connectivity index (χ4n) is 3.40. The van der Waals surface area contributed by atoms with Gasteiger partial charge in [0.15, 0.2) is 5.76 Å². The molecule has 1 unspecified atom stereocenters. The van der Waals surface area contributed by atoms with E-state index in [4.69, 9.17) is 10.3 Å². The van der Waals surface area contributed by atoms with E-state index in [1.54, 1.807) is 30.3 Å². The molecule has 1 aromatic heterocycles. The molecule has 130 valence electrons. The van der Waals surface area contributed by atoms with E-state index in [1.807, 2.05) is 0 Å². The molecule has 1 aromatic carbocycles. The molecule has 1 atom stereocenters. The van der Waals surface area contributed by atoms with Gasteiger partial charge in [-0.15, -0.1) is 0 Å². The molecule has 24 heavy (non-hydrogen) atoms. The Balaban J connectivity index is 1.88. The molecule has 7 heteroatoms. The minimum absolute atomic E-state index is 0.191. The Bertz CT molecular complexity index is 753. The third-order valence-corrected chi connectivity index (χ3v) is 6.21. The minimum Gasteiger partial charge on any atom is -0.356 e. The molecule has 0 spiro atoms. The molecular formula is C17H23N3O3S. The molecule has 2 aromatic rings. The molecule has 0 aliphatic heterocycles. The largest absolute Gasteiger partial charge is 0.356 e. The molecule has 1 saturated carbocycles. The number of nitrogens with zero attached hydrogens (tertiary/aromatic N) is 1. The van der Waals surface area contributed by atoms with Crippen LogP contribution in [0.15, 0.2) is 45.9 Å². The van der Waals surface area contributed by atoms with Crippen molar-refractivity contribution in [2.45, 2.75) is 43.0 Å². The maximum absolute atomic E-state index is 12.9. The van der Waals surface area contributed by atoms with E-state index in [-0.39, 0.29) is 10.9 Å². The van der Waals surface area contributed by atoms with Crippen LogP contribution in [0.1, 0.15) is 32.1 Å². The fraction of sp³-hybridized carbons (Fsp3) is 0.471. The van der Waals surface area contributed by atoms with Gasteiger partial charge in [0, 0.05) is 24.2 Å². The summed E-state index contributed by atoms with van der Waals surface area (Å²) in [6, 6.07) is 8.18. The lowest BCUT2D eigenvalue weighted by molar-refractivity contribution is 0.294. The van der Waals surface area contributed by atoms with Gasteiger partial charge in [-0.3, -0.25) is 0 Å². The average molecular weight is 349 g/mol. The van der Waals surface area contributed by atoms with Crippen molar-refractivity contribution in [2.75, 3.05) is 6.54 Å². The zero-order valence-corrected chi connectivity index (χ0v) is 14.3. The van der Waals surface area contributed by atoms with Crippen molar-refractivity contribution in [2.24, 2.45) is 11.7 Å². The van der Waals surface area contributed by atoms with Crippen LogP contribution in [-0.4, -0.2) is 26.2 Å². The van der Waals surface area contributed by atoms with Gasteiger partial charge in [-0.2, -0.15) is 0 Å². The normalized spacial score (nSPS) is 17.7. The number of hydrogen-bond donors (Lipinski definition) is 2. The van der Waals surface area contributed by atoms with Crippen LogP contribution in [0.4, 0.5) is 0 Å². The van der Waals surface area contributed by atoms with Gasteiger partial charge >= 0.3 is 0 Å². The number of rotatable bonds is 6. The van der Waals surface area contributed by atoms with Crippen LogP contribution < -0.4 is 10.5 Å². The Morgan fingerprint density at radius 3 is 2.62 bits per heavy atom. The summed E-state index contributed by atoms with van der Waals surface area (Å²) >= 11 is 0. The quantitative estimate of drug-likeness (QED) is 0.835. The van der Waals surface area contributed by atoms with Crippen LogP contribution in [0.25, 0.3) is 11.3 Å². The van der Waals surface area contributed by atoms with Gasteiger partial charge < -0.3 is 10.3 Å². The molecule has 1 heterocycles. The summed E-state index contributed by atoms with van der Waals surface area (Å²) in [6.45, 7) is 0.300. The monoisotopic (exact) mass is 349 g/mol. The van der Waals surface area contributed by atoms with Gasteiger partial charge in [-0.25, -0.2) is 13.1 Å². The molecule has 3 N–H and O–H groups in total. The Labute approximate surface area is 142 Å². The van der Waals surface area contributed by atoms with Gasteiger partial charge in [0.25, 0.3) is 0 Å². The Hall–Kier alpha value is -1.70. The lowest BCUT2D eigenvalue weighted by Crippen LogP contribution is -2.45. The first-order valence-electron chi connectivity index (χ1n) is 8.34. The van der Waals surface area contributed by atoms with Gasteiger partial charge in [0.05, 0.1) is 11.1 Å². The summed E-state index contributed by atoms with van der Waals surface area (Å²) in [5, 5.41) is 3.66. The summed E-state index contributed by atoms with van der Waals surface area (Å²) in [6.07, 6.45) is 7.03. The van der Waals surface area contributed by atoms with Gasteiger partial charge in [-0.1, -0.05) is 36.6 Å². The van der Waals surface area contributed by atoms with Crippen molar-refractivity contribution in [1.82, 2.24) is 9.88 Å². The third-order valence-electron chi connectivity index (χ3n) is 4.66. The van der Waals surface area contributed by atoms with Crippen LogP contribution in [-0.2, 0) is 10.0 Å². The first-order chi connectivity index (χ1) is 11.6. The number of nitrogens with one attached hydrogen (secondary N) is 1. The highest BCUT2D eigenvalue weighted by atomic mass is 32.2. The summed E-state index contributed by atoms with van der Waals surface area (Å²) in [7, 11) is -3.70. The zero-order chi connectivity index (χ0) is 17.0. The van der Waals surface area contributed by atoms with Crippen molar-refractivity contribution in [3.05, 3.63) is 36.5 Å². The van der Waals surface area contributed by atoms with Crippen LogP contribution in [0.3, 0.4) is 0 Å². The van der Waals surface area contributed by atoms with Crippen molar-refractivity contribution in [1.29, 1.82) is 0 Å². The second-order valence-corrected chi connectivity index (χ2v) is 7.92. The summed E-state index contributed by atoms with van der Waals surface area (Å²) in [4.78, 5) is 0.191. The van der Waals surface area contributed by atoms with E-state index < -0.39 is 10.0 Å². The molecule has 1 aliphatic rings. The second kappa shape index (κ2) is 7.46. The third kappa shape index (κ3) is 3.68. The molecule has 1 aliphatic carbocycles. The van der Waals surface area contributed by atoms with Crippen molar-refractivity contribution >= 4 is 10.0 Å². The number of hydrogen-bond acceptors (Lipinski definition) is 5. The maximum atomic E-state index is 12.9. The lowest BCUT2D eigenvalue weighted by atomic mass is 9.84. The van der Waals surface area contributed by atoms with Gasteiger partial charge in [0.1, 0.15) is 0 Å². The fourth-order valence-corrected chi connectivity index (χ4v) is 4.93. The van der Waals surface area contributed by atoms with Gasteiger partial charge in [0.2, 0.25) is 10.0 Å². The van der Waals surface area contributed by atoms with Crippen LogP contribution in [0.5, 0.6) is 0 Å². The Morgan fingerprint density at radius 2 is 1.96 bits per heavy atom. The summed E-state index contributed by atoms with van der Waals surface area (Å²) in [5.41, 5.74) is 6.37. The number of benzene rings is 1. The molecule has 0 saturated heterocycles. The summed E-state index contributed by atoms with van der Waals surface area (Å²) in [5.74, 6) is 0.730. The molecule has 3 rings (SSSR count). The number of nitrogens with two attached hydrogens (primary N) is 1. The molecule has 6 nitrogen and oxygen atoms in total. The van der Waals surface area contributed by atoms with Crippen molar-refractivity contribution in [3.63, 3.8) is 0 Å². The molecular weight excluding hydrogens is 326 g/mol. The predicted molar refractivity (Wildman–Crippen MR) is 91.7 cm³/mol. The zero-order valence-electron chi connectivity index (χ0n) is 13.5. The standard InChI is InChI=1S/C17H23N3O3S/c18-12-15(13-6-2-1-3-7-13)20-24(21,22)17-9-5-4-8-14(17)16-10-11-19-23-16/h4-5,8-11,13,15,20H,1-3,6-7,12,18H2. The molecule has 0 radical (unpaired) electrons. The highest BCUT2D eigenvalue weighted by Gasteiger charge is 2.29. The molecule has 0 amide bonds. The van der Waals surface area contributed by atoms with E-state index in [1.165, 1.54) is 12.6 Å². The Morgan fingerprint density at radius 1 is 1.21 bits per heavy atom. The molecule has 1 fully saturated rings. The van der Waals surface area contributed by atoms with E-state index in [9.17, 15) is 8.42 Å². The predicted octanol–water partition coefficient (Wildman–Crippen LogP) is 2.53. The van der Waals surface area contributed by atoms with E-state index >= 15 is 0 Å². The van der Waals surface area contributed by atoms with Gasteiger partial charge in [-0.05, 0) is 30.9 Å². The average Bonchev–Trinajstić information content (AvgIpc) is 3.15. The molecule has 0 bridgehead atoms. The Kier molecular flexibility index (Phi) is 5.33. The highest BCUT2D eigenvalue weighted by molar-refractivity contribution is 7.89. The number of sulfonamides is 1. The van der Waals surface area contributed by atoms with E-state index in [0.29, 0.717) is 23.8 Å². The van der Waals surface area contributed by atoms with Crippen LogP contribution >= 0.6 is 0 Å². The first-order valence-corrected chi connectivity index (χ1v) is 9.82. The van der Waals surface area contributed by atoms with Crippen molar-refractivity contribution in [3.8, 4) is 11.3 Å². The second-order valence-electron chi connectivity index (χ2n) is 6.23. The lowest BCUT2D eigenvalue weighted by Gasteiger charge is -2.30. The maximum Gasteiger partial charge on any atom is 0.241 e. The number of aromatic nitrogens is 1. The van der Waals surface area contributed by atoms with E-state index in [2.05, 4.69) is 9.88 Å². The summed E-state index contributed by atoms with van der Waals surface area (Å²) < 4.78 is 33.8. The van der Waals surface area contributed by atoms with Crippen molar-refractivity contribution < 1.29 is 12.9 Å². The highest BCUT2D eigenvalue weighted by Crippen LogP contribution is 2.29. The smallest absolute Gasteiger partial charge is 0.241 e. The van der Waals surface area contributed by atoms with E-state index in [0.717, 1.165) is 25.7 Å².